The normalized spacial score (nSPS) is 10.5. The van der Waals surface area contributed by atoms with Crippen LogP contribution in [0.1, 0.15) is 5.56 Å². The molecule has 2 aromatic carbocycles. The van der Waals surface area contributed by atoms with E-state index >= 15 is 0 Å². The molecule has 0 saturated carbocycles. The zero-order valence-corrected chi connectivity index (χ0v) is 9.96. The van der Waals surface area contributed by atoms with Gasteiger partial charge >= 0.3 is 0 Å². The van der Waals surface area contributed by atoms with Crippen LogP contribution in [-0.2, 0) is 0 Å². The number of H-pyrrole nitrogens is 1. The molecule has 3 rings (SSSR count). The number of tetrazole rings is 1. The van der Waals surface area contributed by atoms with Gasteiger partial charge < -0.3 is 0 Å². The van der Waals surface area contributed by atoms with Crippen LogP contribution in [0.5, 0.6) is 0 Å². The summed E-state index contributed by atoms with van der Waals surface area (Å²) in [6, 6.07) is 16.5. The number of aryl methyl sites for hydroxylation is 1. The molecule has 0 aliphatic rings. The van der Waals surface area contributed by atoms with E-state index in [0.717, 1.165) is 16.7 Å². The van der Waals surface area contributed by atoms with Gasteiger partial charge in [0.1, 0.15) is 0 Å². The molecule has 4 nitrogen and oxygen atoms in total. The lowest BCUT2D eigenvalue weighted by Crippen LogP contribution is -1.88. The SMILES string of the molecule is Cc1ccc(-c2ccccc2)c(-c2nnn[nH]2)c1. The smallest absolute Gasteiger partial charge is 0.180 e. The van der Waals surface area contributed by atoms with Gasteiger partial charge in [0, 0.05) is 5.56 Å². The molecule has 0 spiro atoms. The number of benzene rings is 2. The van der Waals surface area contributed by atoms with Crippen LogP contribution in [0.25, 0.3) is 22.5 Å². The van der Waals surface area contributed by atoms with Crippen molar-refractivity contribution in [1.29, 1.82) is 0 Å². The Kier molecular flexibility index (Phi) is 2.61. The Morgan fingerprint density at radius 3 is 2.50 bits per heavy atom. The third-order valence-electron chi connectivity index (χ3n) is 2.86. The van der Waals surface area contributed by atoms with Crippen molar-refractivity contribution in [3.05, 3.63) is 54.1 Å². The lowest BCUT2D eigenvalue weighted by atomic mass is 9.97. The zero-order chi connectivity index (χ0) is 12.4. The van der Waals surface area contributed by atoms with Crippen LogP contribution in [0.3, 0.4) is 0 Å². The second-order valence-electron chi connectivity index (χ2n) is 4.16. The summed E-state index contributed by atoms with van der Waals surface area (Å²) in [6.45, 7) is 2.06. The zero-order valence-electron chi connectivity index (χ0n) is 9.96. The van der Waals surface area contributed by atoms with Gasteiger partial charge in [-0.25, -0.2) is 5.10 Å². The Balaban J connectivity index is 2.21. The van der Waals surface area contributed by atoms with Crippen molar-refractivity contribution in [3.8, 4) is 22.5 Å². The minimum absolute atomic E-state index is 0.692. The van der Waals surface area contributed by atoms with E-state index in [4.69, 9.17) is 0 Å². The third kappa shape index (κ3) is 1.88. The molecule has 0 aliphatic heterocycles. The van der Waals surface area contributed by atoms with Crippen molar-refractivity contribution in [3.63, 3.8) is 0 Å². The Morgan fingerprint density at radius 2 is 1.78 bits per heavy atom. The topological polar surface area (TPSA) is 54.5 Å². The van der Waals surface area contributed by atoms with Crippen LogP contribution in [0, 0.1) is 6.92 Å². The average molecular weight is 236 g/mol. The van der Waals surface area contributed by atoms with E-state index in [9.17, 15) is 0 Å². The molecule has 1 aromatic heterocycles. The van der Waals surface area contributed by atoms with Gasteiger partial charge in [0.15, 0.2) is 5.82 Å². The number of nitrogens with zero attached hydrogens (tertiary/aromatic N) is 3. The van der Waals surface area contributed by atoms with Crippen LogP contribution in [0.4, 0.5) is 0 Å². The standard InChI is InChI=1S/C14H12N4/c1-10-7-8-12(11-5-3-2-4-6-11)13(9-10)14-15-17-18-16-14/h2-9H,1H3,(H,15,16,17,18). The lowest BCUT2D eigenvalue weighted by Gasteiger charge is -2.08. The average Bonchev–Trinajstić information content (AvgIpc) is 2.93. The van der Waals surface area contributed by atoms with E-state index in [1.807, 2.05) is 18.2 Å². The van der Waals surface area contributed by atoms with Crippen LogP contribution < -0.4 is 0 Å². The number of aromatic nitrogens is 4. The summed E-state index contributed by atoms with van der Waals surface area (Å²) in [5, 5.41) is 14.1. The summed E-state index contributed by atoms with van der Waals surface area (Å²) in [6.07, 6.45) is 0. The van der Waals surface area contributed by atoms with Gasteiger partial charge in [0.25, 0.3) is 0 Å². The monoisotopic (exact) mass is 236 g/mol. The fourth-order valence-corrected chi connectivity index (χ4v) is 2.00. The van der Waals surface area contributed by atoms with E-state index in [1.165, 1.54) is 5.56 Å². The first-order chi connectivity index (χ1) is 8.84. The highest BCUT2D eigenvalue weighted by molar-refractivity contribution is 5.80. The molecule has 1 N–H and O–H groups in total. The molecule has 3 aromatic rings. The van der Waals surface area contributed by atoms with E-state index < -0.39 is 0 Å². The maximum absolute atomic E-state index is 4.00. The van der Waals surface area contributed by atoms with Gasteiger partial charge in [0.2, 0.25) is 0 Å². The molecule has 0 bridgehead atoms. The highest BCUT2D eigenvalue weighted by Crippen LogP contribution is 2.30. The van der Waals surface area contributed by atoms with Crippen molar-refractivity contribution >= 4 is 0 Å². The van der Waals surface area contributed by atoms with Crippen LogP contribution in [0.2, 0.25) is 0 Å². The molecular formula is C14H12N4. The highest BCUT2D eigenvalue weighted by Gasteiger charge is 2.10. The Labute approximate surface area is 105 Å². The highest BCUT2D eigenvalue weighted by atomic mass is 15.5. The van der Waals surface area contributed by atoms with Crippen molar-refractivity contribution in [2.75, 3.05) is 0 Å². The molecule has 0 amide bonds. The van der Waals surface area contributed by atoms with E-state index in [1.54, 1.807) is 0 Å². The van der Waals surface area contributed by atoms with Gasteiger partial charge in [-0.3, -0.25) is 0 Å². The summed E-state index contributed by atoms with van der Waals surface area (Å²) in [4.78, 5) is 0. The number of rotatable bonds is 2. The molecule has 88 valence electrons. The van der Waals surface area contributed by atoms with Crippen LogP contribution in [-0.4, -0.2) is 20.6 Å². The summed E-state index contributed by atoms with van der Waals surface area (Å²) in [7, 11) is 0. The Hall–Kier alpha value is -2.49. The number of hydrogen-bond acceptors (Lipinski definition) is 3. The van der Waals surface area contributed by atoms with E-state index in [-0.39, 0.29) is 0 Å². The lowest BCUT2D eigenvalue weighted by molar-refractivity contribution is 0.881. The van der Waals surface area contributed by atoms with Crippen LogP contribution >= 0.6 is 0 Å². The van der Waals surface area contributed by atoms with Gasteiger partial charge in [0.05, 0.1) is 0 Å². The molecule has 0 fully saturated rings. The van der Waals surface area contributed by atoms with Gasteiger partial charge in [-0.2, -0.15) is 0 Å². The first-order valence-electron chi connectivity index (χ1n) is 5.75. The predicted octanol–water partition coefficient (Wildman–Crippen LogP) is 2.84. The molecule has 0 radical (unpaired) electrons. The van der Waals surface area contributed by atoms with Gasteiger partial charge in [-0.15, -0.1) is 5.10 Å². The molecule has 0 aliphatic carbocycles. The Morgan fingerprint density at radius 1 is 0.944 bits per heavy atom. The summed E-state index contributed by atoms with van der Waals surface area (Å²) in [5.41, 5.74) is 4.48. The quantitative estimate of drug-likeness (QED) is 0.744. The summed E-state index contributed by atoms with van der Waals surface area (Å²) >= 11 is 0. The maximum Gasteiger partial charge on any atom is 0.180 e. The first kappa shape index (κ1) is 10.7. The molecule has 4 heteroatoms. The number of aromatic amines is 1. The molecular weight excluding hydrogens is 224 g/mol. The fraction of sp³-hybridized carbons (Fsp3) is 0.0714. The van der Waals surface area contributed by atoms with E-state index in [0.29, 0.717) is 5.82 Å². The molecule has 0 atom stereocenters. The van der Waals surface area contributed by atoms with Gasteiger partial charge in [-0.05, 0) is 34.5 Å². The second kappa shape index (κ2) is 4.41. The molecule has 18 heavy (non-hydrogen) atoms. The largest absolute Gasteiger partial charge is 0.239 e. The second-order valence-corrected chi connectivity index (χ2v) is 4.16. The van der Waals surface area contributed by atoms with Crippen LogP contribution in [0.15, 0.2) is 48.5 Å². The maximum atomic E-state index is 4.00. The van der Waals surface area contributed by atoms with Crippen molar-refractivity contribution in [2.24, 2.45) is 0 Å². The third-order valence-corrected chi connectivity index (χ3v) is 2.86. The molecule has 0 saturated heterocycles. The molecule has 1 heterocycles. The summed E-state index contributed by atoms with van der Waals surface area (Å²) < 4.78 is 0. The van der Waals surface area contributed by atoms with Gasteiger partial charge in [-0.1, -0.05) is 48.0 Å². The summed E-state index contributed by atoms with van der Waals surface area (Å²) in [5.74, 6) is 0.692. The number of nitrogens with one attached hydrogen (secondary N) is 1. The van der Waals surface area contributed by atoms with Crippen molar-refractivity contribution in [1.82, 2.24) is 20.6 Å². The predicted molar refractivity (Wildman–Crippen MR) is 69.8 cm³/mol. The fourth-order valence-electron chi connectivity index (χ4n) is 2.00. The first-order valence-corrected chi connectivity index (χ1v) is 5.75. The van der Waals surface area contributed by atoms with Crippen molar-refractivity contribution in [2.45, 2.75) is 6.92 Å². The minimum Gasteiger partial charge on any atom is -0.239 e. The number of hydrogen-bond donors (Lipinski definition) is 1. The minimum atomic E-state index is 0.692. The van der Waals surface area contributed by atoms with E-state index in [2.05, 4.69) is 57.9 Å². The molecule has 0 unspecified atom stereocenters. The Bertz CT molecular complexity index is 645. The van der Waals surface area contributed by atoms with Crippen molar-refractivity contribution < 1.29 is 0 Å².